The summed E-state index contributed by atoms with van der Waals surface area (Å²) in [7, 11) is 0. The molecule has 2 aromatic rings. The molecular formula is C22H26F5NO. The minimum Gasteiger partial charge on any atom is -0.392 e. The highest BCUT2D eigenvalue weighted by molar-refractivity contribution is 5.25. The Labute approximate surface area is 167 Å². The van der Waals surface area contributed by atoms with Crippen LogP contribution in [0.15, 0.2) is 42.5 Å². The number of aliphatic hydroxyl groups is 1. The molecule has 0 heterocycles. The third-order valence-electron chi connectivity index (χ3n) is 4.68. The lowest BCUT2D eigenvalue weighted by Gasteiger charge is -2.25. The van der Waals surface area contributed by atoms with E-state index in [-0.39, 0.29) is 24.9 Å². The van der Waals surface area contributed by atoms with E-state index in [2.05, 4.69) is 5.32 Å². The van der Waals surface area contributed by atoms with E-state index in [0.29, 0.717) is 24.0 Å². The topological polar surface area (TPSA) is 32.3 Å². The van der Waals surface area contributed by atoms with Crippen LogP contribution in [0.2, 0.25) is 0 Å². The molecule has 0 aliphatic carbocycles. The van der Waals surface area contributed by atoms with Gasteiger partial charge in [0, 0.05) is 19.2 Å². The maximum Gasteiger partial charge on any atom is 0.416 e. The molecule has 2 rings (SSSR count). The van der Waals surface area contributed by atoms with Crippen molar-refractivity contribution in [2.24, 2.45) is 11.8 Å². The smallest absolute Gasteiger partial charge is 0.392 e. The molecule has 0 unspecified atom stereocenters. The van der Waals surface area contributed by atoms with E-state index in [1.807, 2.05) is 13.8 Å². The molecule has 2 atom stereocenters. The number of halogens is 5. The Balaban J connectivity index is 1.98. The number of hydrogen-bond donors (Lipinski definition) is 2. The van der Waals surface area contributed by atoms with Crippen LogP contribution in [0.4, 0.5) is 22.0 Å². The van der Waals surface area contributed by atoms with E-state index in [1.165, 1.54) is 18.2 Å². The molecule has 0 saturated heterocycles. The van der Waals surface area contributed by atoms with Crippen molar-refractivity contribution in [3.8, 4) is 0 Å². The second kappa shape index (κ2) is 10.2. The first-order valence-electron chi connectivity index (χ1n) is 9.54. The van der Waals surface area contributed by atoms with Crippen LogP contribution in [0.1, 0.15) is 37.0 Å². The highest BCUT2D eigenvalue weighted by Crippen LogP contribution is 2.29. The van der Waals surface area contributed by atoms with Gasteiger partial charge in [0.25, 0.3) is 0 Å². The lowest BCUT2D eigenvalue weighted by molar-refractivity contribution is -0.137. The summed E-state index contributed by atoms with van der Waals surface area (Å²) >= 11 is 0. The van der Waals surface area contributed by atoms with Crippen molar-refractivity contribution in [2.75, 3.05) is 6.54 Å². The molecule has 0 bridgehead atoms. The predicted molar refractivity (Wildman–Crippen MR) is 102 cm³/mol. The number of nitrogens with one attached hydrogen (secondary N) is 1. The van der Waals surface area contributed by atoms with Gasteiger partial charge in [-0.15, -0.1) is 0 Å². The zero-order chi connectivity index (χ0) is 21.6. The lowest BCUT2D eigenvalue weighted by atomic mass is 9.86. The van der Waals surface area contributed by atoms with Crippen molar-refractivity contribution in [1.82, 2.24) is 5.32 Å². The van der Waals surface area contributed by atoms with Gasteiger partial charge < -0.3 is 10.4 Å². The Morgan fingerprint density at radius 1 is 0.966 bits per heavy atom. The van der Waals surface area contributed by atoms with Crippen molar-refractivity contribution < 1.29 is 27.1 Å². The molecule has 0 fully saturated rings. The average Bonchev–Trinajstić information content (AvgIpc) is 2.59. The van der Waals surface area contributed by atoms with Crippen molar-refractivity contribution in [1.29, 1.82) is 0 Å². The van der Waals surface area contributed by atoms with E-state index >= 15 is 0 Å². The average molecular weight is 415 g/mol. The van der Waals surface area contributed by atoms with Crippen molar-refractivity contribution in [3.05, 3.63) is 70.8 Å². The SMILES string of the molecule is CC(C)C[C@@H](Cc1cc(F)cc(F)c1)[C@@H](O)CNCc1cccc(C(F)(F)F)c1. The Hall–Kier alpha value is -1.99. The van der Waals surface area contributed by atoms with Crippen LogP contribution in [-0.4, -0.2) is 17.8 Å². The first-order chi connectivity index (χ1) is 13.5. The predicted octanol–water partition coefficient (Wildman–Crippen LogP) is 5.34. The second-order valence-corrected chi connectivity index (χ2v) is 7.77. The second-order valence-electron chi connectivity index (χ2n) is 7.77. The number of hydrogen-bond acceptors (Lipinski definition) is 2. The summed E-state index contributed by atoms with van der Waals surface area (Å²) in [5.74, 6) is -1.32. The van der Waals surface area contributed by atoms with Crippen LogP contribution in [0.5, 0.6) is 0 Å². The number of aliphatic hydroxyl groups excluding tert-OH is 1. The molecule has 29 heavy (non-hydrogen) atoms. The Morgan fingerprint density at radius 2 is 1.62 bits per heavy atom. The molecule has 2 aromatic carbocycles. The number of alkyl halides is 3. The highest BCUT2D eigenvalue weighted by Gasteiger charge is 2.30. The van der Waals surface area contributed by atoms with Crippen LogP contribution in [0.3, 0.4) is 0 Å². The minimum atomic E-state index is -4.40. The molecule has 0 aliphatic heterocycles. The van der Waals surface area contributed by atoms with Gasteiger partial charge in [-0.25, -0.2) is 8.78 Å². The first-order valence-corrected chi connectivity index (χ1v) is 9.54. The summed E-state index contributed by atoms with van der Waals surface area (Å²) in [6, 6.07) is 8.30. The molecular weight excluding hydrogens is 389 g/mol. The van der Waals surface area contributed by atoms with Crippen LogP contribution < -0.4 is 5.32 Å². The zero-order valence-corrected chi connectivity index (χ0v) is 16.4. The fourth-order valence-corrected chi connectivity index (χ4v) is 3.40. The third-order valence-corrected chi connectivity index (χ3v) is 4.68. The lowest BCUT2D eigenvalue weighted by Crippen LogP contribution is -2.34. The highest BCUT2D eigenvalue weighted by atomic mass is 19.4. The van der Waals surface area contributed by atoms with Crippen LogP contribution in [0.25, 0.3) is 0 Å². The molecule has 0 amide bonds. The third kappa shape index (κ3) is 7.74. The normalized spacial score (nSPS) is 14.2. The molecule has 160 valence electrons. The van der Waals surface area contributed by atoms with Gasteiger partial charge in [-0.05, 0) is 54.0 Å². The monoisotopic (exact) mass is 415 g/mol. The molecule has 0 radical (unpaired) electrons. The van der Waals surface area contributed by atoms with E-state index in [9.17, 15) is 27.1 Å². The van der Waals surface area contributed by atoms with E-state index in [4.69, 9.17) is 0 Å². The van der Waals surface area contributed by atoms with Crippen LogP contribution >= 0.6 is 0 Å². The van der Waals surface area contributed by atoms with Crippen molar-refractivity contribution in [3.63, 3.8) is 0 Å². The minimum absolute atomic E-state index is 0.158. The molecule has 0 aliphatic rings. The van der Waals surface area contributed by atoms with Crippen LogP contribution in [0, 0.1) is 23.5 Å². The number of benzene rings is 2. The zero-order valence-electron chi connectivity index (χ0n) is 16.4. The van der Waals surface area contributed by atoms with Crippen molar-refractivity contribution >= 4 is 0 Å². The molecule has 0 aromatic heterocycles. The van der Waals surface area contributed by atoms with Crippen LogP contribution in [-0.2, 0) is 19.1 Å². The molecule has 0 spiro atoms. The molecule has 0 saturated carbocycles. The van der Waals surface area contributed by atoms with Gasteiger partial charge in [-0.2, -0.15) is 13.2 Å². The molecule has 2 N–H and O–H groups in total. The van der Waals surface area contributed by atoms with Gasteiger partial charge in [0.15, 0.2) is 0 Å². The largest absolute Gasteiger partial charge is 0.416 e. The Morgan fingerprint density at radius 3 is 2.21 bits per heavy atom. The Bertz CT molecular complexity index is 771. The van der Waals surface area contributed by atoms with Gasteiger partial charge in [0.1, 0.15) is 11.6 Å². The summed E-state index contributed by atoms with van der Waals surface area (Å²) in [6.07, 6.45) is -4.27. The summed E-state index contributed by atoms with van der Waals surface area (Å²) in [6.45, 7) is 4.30. The molecule has 7 heteroatoms. The quantitative estimate of drug-likeness (QED) is 0.542. The standard InChI is InChI=1S/C22H26F5NO/c1-14(2)6-17(7-16-9-19(23)11-20(24)10-16)21(29)13-28-12-15-4-3-5-18(8-15)22(25,26)27/h3-5,8-11,14,17,21,28-29H,6-7,12-13H2,1-2H3/t17-,21-/m0/s1. The fourth-order valence-electron chi connectivity index (χ4n) is 3.40. The maximum absolute atomic E-state index is 13.5. The summed E-state index contributed by atoms with van der Waals surface area (Å²) < 4.78 is 65.3. The van der Waals surface area contributed by atoms with E-state index in [1.54, 1.807) is 6.07 Å². The molecule has 2 nitrogen and oxygen atoms in total. The maximum atomic E-state index is 13.5. The van der Waals surface area contributed by atoms with Gasteiger partial charge >= 0.3 is 6.18 Å². The fraction of sp³-hybridized carbons (Fsp3) is 0.455. The first kappa shape index (κ1) is 23.3. The van der Waals surface area contributed by atoms with E-state index < -0.39 is 29.5 Å². The van der Waals surface area contributed by atoms with E-state index in [0.717, 1.165) is 18.2 Å². The van der Waals surface area contributed by atoms with Gasteiger partial charge in [-0.3, -0.25) is 0 Å². The summed E-state index contributed by atoms with van der Waals surface area (Å²) in [5, 5.41) is 13.6. The summed E-state index contributed by atoms with van der Waals surface area (Å²) in [5.41, 5.74) is 0.202. The Kier molecular flexibility index (Phi) is 8.16. The van der Waals surface area contributed by atoms with Gasteiger partial charge in [-0.1, -0.05) is 32.0 Å². The summed E-state index contributed by atoms with van der Waals surface area (Å²) in [4.78, 5) is 0. The van der Waals surface area contributed by atoms with Gasteiger partial charge in [0.05, 0.1) is 11.7 Å². The van der Waals surface area contributed by atoms with Crippen molar-refractivity contribution in [2.45, 2.75) is 45.5 Å². The van der Waals surface area contributed by atoms with Gasteiger partial charge in [0.2, 0.25) is 0 Å². The number of rotatable bonds is 9.